The summed E-state index contributed by atoms with van der Waals surface area (Å²) in [5, 5.41) is 15.1. The van der Waals surface area contributed by atoms with Gasteiger partial charge in [-0.1, -0.05) is 6.07 Å². The Kier molecular flexibility index (Phi) is 3.91. The lowest BCUT2D eigenvalue weighted by Gasteiger charge is -2.19. The summed E-state index contributed by atoms with van der Waals surface area (Å²) in [6.07, 6.45) is 0.505. The fourth-order valence-corrected chi connectivity index (χ4v) is 2.74. The Bertz CT molecular complexity index is 423. The second-order valence-corrected chi connectivity index (χ2v) is 5.13. The number of hydrogen-bond acceptors (Lipinski definition) is 4. The molecule has 0 bridgehead atoms. The molecule has 0 fully saturated rings. The van der Waals surface area contributed by atoms with Crippen molar-refractivity contribution in [2.75, 3.05) is 24.7 Å². The van der Waals surface area contributed by atoms with E-state index in [-0.39, 0.29) is 0 Å². The minimum atomic E-state index is -0.812. The number of carbonyl (C=O) groups is 1. The van der Waals surface area contributed by atoms with E-state index in [2.05, 4.69) is 22.8 Å². The number of benzene rings is 1. The zero-order valence-corrected chi connectivity index (χ0v) is 10.5. The van der Waals surface area contributed by atoms with E-state index in [1.807, 2.05) is 17.8 Å². The van der Waals surface area contributed by atoms with E-state index in [1.54, 1.807) is 7.05 Å². The van der Waals surface area contributed by atoms with Crippen LogP contribution in [0, 0.1) is 0 Å². The Hall–Kier alpha value is -1.20. The molecule has 1 heterocycles. The molecule has 17 heavy (non-hydrogen) atoms. The smallest absolute Gasteiger partial charge is 0.321 e. The summed E-state index contributed by atoms with van der Waals surface area (Å²) < 4.78 is 0. The molecule has 92 valence electrons. The van der Waals surface area contributed by atoms with Gasteiger partial charge in [-0.3, -0.25) is 4.79 Å². The molecule has 4 nitrogen and oxygen atoms in total. The van der Waals surface area contributed by atoms with Gasteiger partial charge >= 0.3 is 5.97 Å². The maximum atomic E-state index is 10.9. The minimum absolute atomic E-state index is 0.505. The van der Waals surface area contributed by atoms with Crippen LogP contribution in [0.15, 0.2) is 23.1 Å². The van der Waals surface area contributed by atoms with Crippen LogP contribution in [0.4, 0.5) is 5.69 Å². The van der Waals surface area contributed by atoms with Gasteiger partial charge in [-0.05, 0) is 31.2 Å². The number of thioether (sulfide) groups is 1. The maximum Gasteiger partial charge on any atom is 0.321 e. The van der Waals surface area contributed by atoms with Crippen molar-refractivity contribution in [3.63, 3.8) is 0 Å². The van der Waals surface area contributed by atoms with Crippen molar-refractivity contribution in [3.8, 4) is 0 Å². The van der Waals surface area contributed by atoms with Gasteiger partial charge in [0, 0.05) is 22.9 Å². The first-order valence-corrected chi connectivity index (χ1v) is 6.59. The number of nitrogens with one attached hydrogen (secondary N) is 2. The Morgan fingerprint density at radius 1 is 1.65 bits per heavy atom. The highest BCUT2D eigenvalue weighted by molar-refractivity contribution is 7.99. The van der Waals surface area contributed by atoms with Crippen LogP contribution in [0.1, 0.15) is 5.56 Å². The van der Waals surface area contributed by atoms with Crippen molar-refractivity contribution in [1.29, 1.82) is 0 Å². The number of carboxylic acid groups (broad SMARTS) is 1. The van der Waals surface area contributed by atoms with Gasteiger partial charge in [0.25, 0.3) is 0 Å². The first kappa shape index (κ1) is 12.3. The van der Waals surface area contributed by atoms with Gasteiger partial charge in [0.1, 0.15) is 6.04 Å². The number of hydrogen-bond donors (Lipinski definition) is 3. The molecule has 2 rings (SSSR count). The largest absolute Gasteiger partial charge is 0.480 e. The van der Waals surface area contributed by atoms with Gasteiger partial charge in [-0.15, -0.1) is 11.8 Å². The second-order valence-electron chi connectivity index (χ2n) is 3.99. The molecule has 0 spiro atoms. The number of carboxylic acids is 1. The molecule has 5 heteroatoms. The number of anilines is 1. The van der Waals surface area contributed by atoms with E-state index in [1.165, 1.54) is 4.90 Å². The average Bonchev–Trinajstić information content (AvgIpc) is 2.35. The van der Waals surface area contributed by atoms with E-state index >= 15 is 0 Å². The molecule has 0 aromatic heterocycles. The summed E-state index contributed by atoms with van der Waals surface area (Å²) in [7, 11) is 1.67. The van der Waals surface area contributed by atoms with Crippen LogP contribution < -0.4 is 10.6 Å². The van der Waals surface area contributed by atoms with Gasteiger partial charge in [-0.2, -0.15) is 0 Å². The van der Waals surface area contributed by atoms with Crippen molar-refractivity contribution in [3.05, 3.63) is 23.8 Å². The lowest BCUT2D eigenvalue weighted by molar-refractivity contribution is -0.139. The molecule has 0 amide bonds. The third kappa shape index (κ3) is 2.92. The van der Waals surface area contributed by atoms with E-state index in [4.69, 9.17) is 5.11 Å². The molecule has 1 aromatic carbocycles. The van der Waals surface area contributed by atoms with Crippen molar-refractivity contribution < 1.29 is 9.90 Å². The van der Waals surface area contributed by atoms with Crippen LogP contribution in [0.5, 0.6) is 0 Å². The van der Waals surface area contributed by atoms with E-state index in [9.17, 15) is 4.79 Å². The molecule has 1 aliphatic rings. The average molecular weight is 252 g/mol. The second kappa shape index (κ2) is 5.42. The van der Waals surface area contributed by atoms with Gasteiger partial charge in [0.05, 0.1) is 0 Å². The third-order valence-corrected chi connectivity index (χ3v) is 3.88. The Morgan fingerprint density at radius 2 is 2.47 bits per heavy atom. The van der Waals surface area contributed by atoms with Crippen LogP contribution in [0.25, 0.3) is 0 Å². The first-order chi connectivity index (χ1) is 8.20. The highest BCUT2D eigenvalue weighted by atomic mass is 32.2. The van der Waals surface area contributed by atoms with E-state index < -0.39 is 12.0 Å². The fraction of sp³-hybridized carbons (Fsp3) is 0.417. The Morgan fingerprint density at radius 3 is 3.18 bits per heavy atom. The predicted octanol–water partition coefficient (Wildman–Crippen LogP) is 1.42. The van der Waals surface area contributed by atoms with Crippen LogP contribution in [-0.2, 0) is 11.2 Å². The molecule has 0 aliphatic carbocycles. The normalized spacial score (nSPS) is 15.8. The monoisotopic (exact) mass is 252 g/mol. The third-order valence-electron chi connectivity index (χ3n) is 2.81. The van der Waals surface area contributed by atoms with Crippen molar-refractivity contribution in [1.82, 2.24) is 5.32 Å². The zero-order chi connectivity index (χ0) is 12.3. The molecule has 0 saturated heterocycles. The lowest BCUT2D eigenvalue weighted by Crippen LogP contribution is -2.35. The molecule has 1 aromatic rings. The standard InChI is InChI=1S/C12H16N2O2S/c1-13-10(12(15)16)7-8-2-3-11-9(6-8)14-4-5-17-11/h2-3,6,10,13-14H,4-5,7H2,1H3,(H,15,16). The minimum Gasteiger partial charge on any atom is -0.480 e. The molecule has 1 unspecified atom stereocenters. The fourth-order valence-electron chi connectivity index (χ4n) is 1.86. The maximum absolute atomic E-state index is 10.9. The van der Waals surface area contributed by atoms with Gasteiger partial charge in [0.2, 0.25) is 0 Å². The molecule has 0 radical (unpaired) electrons. The molecule has 1 atom stereocenters. The van der Waals surface area contributed by atoms with E-state index in [0.717, 1.165) is 23.5 Å². The Labute approximate surface area is 105 Å². The molecular weight excluding hydrogens is 236 g/mol. The number of likely N-dealkylation sites (N-methyl/N-ethyl adjacent to an activating group) is 1. The number of fused-ring (bicyclic) bond motifs is 1. The van der Waals surface area contributed by atoms with Crippen LogP contribution in [0.2, 0.25) is 0 Å². The van der Waals surface area contributed by atoms with Crippen LogP contribution in [0.3, 0.4) is 0 Å². The summed E-state index contributed by atoms with van der Waals surface area (Å²) in [6, 6.07) is 5.60. The zero-order valence-electron chi connectivity index (χ0n) is 9.69. The highest BCUT2D eigenvalue weighted by Crippen LogP contribution is 2.31. The van der Waals surface area contributed by atoms with Gasteiger partial charge in [0.15, 0.2) is 0 Å². The van der Waals surface area contributed by atoms with Gasteiger partial charge in [-0.25, -0.2) is 0 Å². The first-order valence-electron chi connectivity index (χ1n) is 5.60. The lowest BCUT2D eigenvalue weighted by atomic mass is 10.1. The van der Waals surface area contributed by atoms with Crippen molar-refractivity contribution in [2.24, 2.45) is 0 Å². The molecular formula is C12H16N2O2S. The number of aliphatic carboxylic acids is 1. The summed E-state index contributed by atoms with van der Waals surface area (Å²) in [6.45, 7) is 0.968. The molecule has 1 aliphatic heterocycles. The molecule has 0 saturated carbocycles. The SMILES string of the molecule is CNC(Cc1ccc2c(c1)NCCS2)C(=O)O. The van der Waals surface area contributed by atoms with E-state index in [0.29, 0.717) is 6.42 Å². The summed E-state index contributed by atoms with van der Waals surface area (Å²) in [5.74, 6) is 0.271. The highest BCUT2D eigenvalue weighted by Gasteiger charge is 2.16. The van der Waals surface area contributed by atoms with Gasteiger partial charge < -0.3 is 15.7 Å². The summed E-state index contributed by atoms with van der Waals surface area (Å²) in [5.41, 5.74) is 2.17. The quantitative estimate of drug-likeness (QED) is 0.756. The Balaban J connectivity index is 2.14. The van der Waals surface area contributed by atoms with Crippen molar-refractivity contribution in [2.45, 2.75) is 17.4 Å². The molecule has 3 N–H and O–H groups in total. The summed E-state index contributed by atoms with van der Waals surface area (Å²) >= 11 is 1.83. The topological polar surface area (TPSA) is 61.4 Å². The van der Waals surface area contributed by atoms with Crippen LogP contribution in [-0.4, -0.2) is 36.5 Å². The number of rotatable bonds is 4. The van der Waals surface area contributed by atoms with Crippen LogP contribution >= 0.6 is 11.8 Å². The predicted molar refractivity (Wildman–Crippen MR) is 69.8 cm³/mol. The summed E-state index contributed by atoms with van der Waals surface area (Å²) in [4.78, 5) is 12.2. The van der Waals surface area contributed by atoms with Crippen molar-refractivity contribution >= 4 is 23.4 Å².